The average Bonchev–Trinajstić information content (AvgIpc) is 3.20. The maximum atomic E-state index is 11.5. The summed E-state index contributed by atoms with van der Waals surface area (Å²) in [4.78, 5) is 18.7. The van der Waals surface area contributed by atoms with Gasteiger partial charge in [-0.2, -0.15) is 5.10 Å². The smallest absolute Gasteiger partial charge is 0.305 e. The number of aromatic amines is 1. The standard InChI is InChI=1S/C18H16N4OS/c1-11-3-6-17(19-10-11)22-8-7-14(21-22)12(2)13-4-5-15-16(9-13)24-18(23)20-15/h3-10,12H,1-2H3,(H,20,23). The second-order valence-electron chi connectivity index (χ2n) is 5.87. The monoisotopic (exact) mass is 336 g/mol. The van der Waals surface area contributed by atoms with Crippen LogP contribution in [0, 0.1) is 6.92 Å². The number of thiazole rings is 1. The van der Waals surface area contributed by atoms with Crippen molar-refractivity contribution in [2.45, 2.75) is 19.8 Å². The summed E-state index contributed by atoms with van der Waals surface area (Å²) in [6, 6.07) is 12.0. The van der Waals surface area contributed by atoms with Gasteiger partial charge in [0.05, 0.1) is 15.9 Å². The van der Waals surface area contributed by atoms with Gasteiger partial charge < -0.3 is 4.98 Å². The maximum absolute atomic E-state index is 11.5. The van der Waals surface area contributed by atoms with Gasteiger partial charge in [-0.05, 0) is 42.3 Å². The minimum atomic E-state index is -0.0236. The van der Waals surface area contributed by atoms with Crippen molar-refractivity contribution in [1.29, 1.82) is 0 Å². The van der Waals surface area contributed by atoms with Gasteiger partial charge in [-0.15, -0.1) is 0 Å². The molecule has 1 aromatic carbocycles. The van der Waals surface area contributed by atoms with Crippen LogP contribution in [0.5, 0.6) is 0 Å². The Morgan fingerprint density at radius 1 is 1.21 bits per heavy atom. The molecule has 4 rings (SSSR count). The zero-order chi connectivity index (χ0) is 16.7. The Morgan fingerprint density at radius 3 is 2.88 bits per heavy atom. The third-order valence-electron chi connectivity index (χ3n) is 4.13. The molecule has 24 heavy (non-hydrogen) atoms. The summed E-state index contributed by atoms with van der Waals surface area (Å²) in [5.41, 5.74) is 4.12. The molecule has 1 N–H and O–H groups in total. The van der Waals surface area contributed by atoms with Crippen molar-refractivity contribution in [3.8, 4) is 5.82 Å². The molecule has 3 heterocycles. The van der Waals surface area contributed by atoms with Crippen LogP contribution in [0.4, 0.5) is 0 Å². The van der Waals surface area contributed by atoms with Crippen LogP contribution in [-0.2, 0) is 0 Å². The summed E-state index contributed by atoms with van der Waals surface area (Å²) in [5.74, 6) is 0.941. The highest BCUT2D eigenvalue weighted by Gasteiger charge is 2.13. The fraction of sp³-hybridized carbons (Fsp3) is 0.167. The van der Waals surface area contributed by atoms with Crippen molar-refractivity contribution in [2.24, 2.45) is 0 Å². The molecular weight excluding hydrogens is 320 g/mol. The van der Waals surface area contributed by atoms with E-state index in [2.05, 4.69) is 28.1 Å². The quantitative estimate of drug-likeness (QED) is 0.621. The Balaban J connectivity index is 1.67. The molecule has 6 heteroatoms. The van der Waals surface area contributed by atoms with Crippen molar-refractivity contribution in [1.82, 2.24) is 19.7 Å². The van der Waals surface area contributed by atoms with E-state index in [4.69, 9.17) is 0 Å². The highest BCUT2D eigenvalue weighted by atomic mass is 32.1. The Morgan fingerprint density at radius 2 is 2.08 bits per heavy atom. The number of aromatic nitrogens is 4. The number of hydrogen-bond acceptors (Lipinski definition) is 4. The molecule has 1 unspecified atom stereocenters. The molecular formula is C18H16N4OS. The SMILES string of the molecule is Cc1ccc(-n2ccc(C(C)c3ccc4[nH]c(=O)sc4c3)n2)nc1. The molecule has 4 aromatic rings. The highest BCUT2D eigenvalue weighted by Crippen LogP contribution is 2.26. The Hall–Kier alpha value is -2.73. The van der Waals surface area contributed by atoms with Crippen LogP contribution in [0.3, 0.4) is 0 Å². The Labute approximate surface area is 142 Å². The lowest BCUT2D eigenvalue weighted by molar-refractivity contribution is 0.779. The van der Waals surface area contributed by atoms with Crippen LogP contribution in [0.2, 0.25) is 0 Å². The molecule has 0 saturated heterocycles. The van der Waals surface area contributed by atoms with Crippen molar-refractivity contribution < 1.29 is 0 Å². The van der Waals surface area contributed by atoms with E-state index < -0.39 is 0 Å². The van der Waals surface area contributed by atoms with Crippen LogP contribution >= 0.6 is 11.3 Å². The zero-order valence-corrected chi connectivity index (χ0v) is 14.2. The summed E-state index contributed by atoms with van der Waals surface area (Å²) in [5, 5.41) is 4.66. The molecule has 0 saturated carbocycles. The van der Waals surface area contributed by atoms with E-state index >= 15 is 0 Å². The topological polar surface area (TPSA) is 63.6 Å². The molecule has 0 aliphatic carbocycles. The normalized spacial score (nSPS) is 12.6. The second-order valence-corrected chi connectivity index (χ2v) is 6.89. The molecule has 0 amide bonds. The predicted molar refractivity (Wildman–Crippen MR) is 96.1 cm³/mol. The lowest BCUT2D eigenvalue weighted by Crippen LogP contribution is -2.02. The van der Waals surface area contributed by atoms with E-state index in [0.29, 0.717) is 0 Å². The summed E-state index contributed by atoms with van der Waals surface area (Å²) < 4.78 is 2.77. The van der Waals surface area contributed by atoms with Gasteiger partial charge in [0.15, 0.2) is 5.82 Å². The molecule has 120 valence electrons. The second kappa shape index (κ2) is 5.72. The first-order chi connectivity index (χ1) is 11.6. The van der Waals surface area contributed by atoms with Crippen molar-refractivity contribution in [2.75, 3.05) is 0 Å². The first-order valence-corrected chi connectivity index (χ1v) is 8.53. The Kier molecular flexibility index (Phi) is 3.54. The van der Waals surface area contributed by atoms with Gasteiger partial charge in [-0.25, -0.2) is 9.67 Å². The average molecular weight is 336 g/mol. The number of pyridine rings is 1. The van der Waals surface area contributed by atoms with Gasteiger partial charge in [0.25, 0.3) is 0 Å². The molecule has 5 nitrogen and oxygen atoms in total. The van der Waals surface area contributed by atoms with Crippen LogP contribution in [0.15, 0.2) is 53.6 Å². The Bertz CT molecular complexity index is 1060. The number of nitrogens with zero attached hydrogens (tertiary/aromatic N) is 3. The van der Waals surface area contributed by atoms with Gasteiger partial charge >= 0.3 is 4.87 Å². The van der Waals surface area contributed by atoms with Gasteiger partial charge in [0, 0.05) is 18.3 Å². The summed E-state index contributed by atoms with van der Waals surface area (Å²) in [6.45, 7) is 4.13. The molecule has 0 aliphatic rings. The number of rotatable bonds is 3. The van der Waals surface area contributed by atoms with E-state index in [0.717, 1.165) is 32.9 Å². The third-order valence-corrected chi connectivity index (χ3v) is 4.97. The van der Waals surface area contributed by atoms with Crippen molar-refractivity contribution in [3.63, 3.8) is 0 Å². The molecule has 0 bridgehead atoms. The largest absolute Gasteiger partial charge is 0.312 e. The van der Waals surface area contributed by atoms with Gasteiger partial charge in [0.2, 0.25) is 0 Å². The van der Waals surface area contributed by atoms with Crippen LogP contribution in [0.25, 0.3) is 16.0 Å². The first kappa shape index (κ1) is 14.8. The molecule has 1 atom stereocenters. The number of nitrogens with one attached hydrogen (secondary N) is 1. The highest BCUT2D eigenvalue weighted by molar-refractivity contribution is 7.16. The van der Waals surface area contributed by atoms with E-state index in [1.54, 1.807) is 4.68 Å². The maximum Gasteiger partial charge on any atom is 0.305 e. The predicted octanol–water partition coefficient (Wildman–Crippen LogP) is 3.63. The number of hydrogen-bond donors (Lipinski definition) is 1. The lowest BCUT2D eigenvalue weighted by atomic mass is 9.98. The molecule has 0 aliphatic heterocycles. The van der Waals surface area contributed by atoms with Crippen molar-refractivity contribution >= 4 is 21.6 Å². The molecule has 0 spiro atoms. The summed E-state index contributed by atoms with van der Waals surface area (Å²) >= 11 is 1.24. The minimum Gasteiger partial charge on any atom is -0.312 e. The number of fused-ring (bicyclic) bond motifs is 1. The van der Waals surface area contributed by atoms with Crippen LogP contribution in [0.1, 0.15) is 29.7 Å². The lowest BCUT2D eigenvalue weighted by Gasteiger charge is -2.09. The van der Waals surface area contributed by atoms with Crippen LogP contribution < -0.4 is 4.87 Å². The van der Waals surface area contributed by atoms with E-state index in [-0.39, 0.29) is 10.8 Å². The summed E-state index contributed by atoms with van der Waals surface area (Å²) in [7, 11) is 0. The van der Waals surface area contributed by atoms with E-state index in [9.17, 15) is 4.79 Å². The van der Waals surface area contributed by atoms with Crippen LogP contribution in [-0.4, -0.2) is 19.7 Å². The third kappa shape index (κ3) is 2.65. The fourth-order valence-corrected chi connectivity index (χ4v) is 3.48. The van der Waals surface area contributed by atoms with E-state index in [1.807, 2.05) is 49.6 Å². The number of benzene rings is 1. The molecule has 3 aromatic heterocycles. The minimum absolute atomic E-state index is 0.0236. The molecule has 0 fully saturated rings. The summed E-state index contributed by atoms with van der Waals surface area (Å²) in [6.07, 6.45) is 3.76. The zero-order valence-electron chi connectivity index (χ0n) is 13.4. The van der Waals surface area contributed by atoms with Gasteiger partial charge in [-0.1, -0.05) is 30.4 Å². The van der Waals surface area contributed by atoms with E-state index in [1.165, 1.54) is 11.3 Å². The number of aryl methyl sites for hydroxylation is 1. The van der Waals surface area contributed by atoms with Gasteiger partial charge in [0.1, 0.15) is 0 Å². The fourth-order valence-electron chi connectivity index (χ4n) is 2.69. The first-order valence-electron chi connectivity index (χ1n) is 7.71. The molecule has 0 radical (unpaired) electrons. The van der Waals surface area contributed by atoms with Crippen molar-refractivity contribution in [3.05, 3.63) is 75.3 Å². The number of H-pyrrole nitrogens is 1. The van der Waals surface area contributed by atoms with Gasteiger partial charge in [-0.3, -0.25) is 4.79 Å².